The first-order chi connectivity index (χ1) is 22.3. The minimum atomic E-state index is -0.808. The van der Waals surface area contributed by atoms with Gasteiger partial charge in [-0.3, -0.25) is 19.2 Å². The van der Waals surface area contributed by atoms with Crippen molar-refractivity contribution in [1.29, 1.82) is 0 Å². The van der Waals surface area contributed by atoms with Crippen LogP contribution in [0.5, 0.6) is 0 Å². The first-order valence-electron chi connectivity index (χ1n) is 15.8. The van der Waals surface area contributed by atoms with Crippen molar-refractivity contribution in [1.82, 2.24) is 15.1 Å². The molecule has 2 heterocycles. The van der Waals surface area contributed by atoms with Crippen LogP contribution in [0.4, 0.5) is 0 Å². The Morgan fingerprint density at radius 2 is 1.85 bits per heavy atom. The molecule has 2 fully saturated rings. The van der Waals surface area contributed by atoms with E-state index in [9.17, 15) is 29.1 Å². The molecular weight excluding hydrogens is 610 g/mol. The van der Waals surface area contributed by atoms with E-state index in [4.69, 9.17) is 18.9 Å². The van der Waals surface area contributed by atoms with Crippen molar-refractivity contribution < 1.29 is 48.0 Å². The molecule has 3 amide bonds. The van der Waals surface area contributed by atoms with Crippen molar-refractivity contribution in [3.05, 3.63) is 53.1 Å². The highest BCUT2D eigenvalue weighted by Crippen LogP contribution is 2.33. The Morgan fingerprint density at radius 1 is 1.13 bits per heavy atom. The number of fused-ring (bicyclic) bond motifs is 1. The summed E-state index contributed by atoms with van der Waals surface area (Å²) >= 11 is 0. The van der Waals surface area contributed by atoms with Crippen molar-refractivity contribution in [2.45, 2.75) is 88.9 Å². The minimum absolute atomic E-state index is 0.0192. The number of nitrogens with zero attached hydrogens (tertiary/aromatic N) is 2. The molecule has 0 aromatic heterocycles. The van der Waals surface area contributed by atoms with E-state index in [1.165, 1.54) is 15.9 Å². The van der Waals surface area contributed by atoms with E-state index in [2.05, 4.69) is 5.32 Å². The average molecular weight is 656 g/mol. The SMILES string of the molecule is CN(C)C(=O)C=Cc1ccc(C(=O)OC2CC(C(=O)N3CCCC3C(=O)NC(CO)CCC(=O)OC(C)(C)C)=CC3OCOC32)cc1. The maximum Gasteiger partial charge on any atom is 0.338 e. The molecular formula is C34H45N3O10. The Balaban J connectivity index is 1.38. The number of hydrogen-bond donors (Lipinski definition) is 2. The number of aliphatic hydroxyl groups excluding tert-OH is 1. The summed E-state index contributed by atoms with van der Waals surface area (Å²) in [5.74, 6) is -1.97. The van der Waals surface area contributed by atoms with Gasteiger partial charge in [-0.25, -0.2) is 4.79 Å². The summed E-state index contributed by atoms with van der Waals surface area (Å²) in [5.41, 5.74) is 0.735. The normalized spacial score (nSPS) is 23.1. The van der Waals surface area contributed by atoms with Gasteiger partial charge in [0.15, 0.2) is 0 Å². The molecule has 0 bridgehead atoms. The van der Waals surface area contributed by atoms with Crippen molar-refractivity contribution in [2.24, 2.45) is 0 Å². The molecule has 3 aliphatic rings. The standard InChI is InChI=1S/C34H45N3O10/c1-34(2,3)47-29(40)15-13-24(19-38)35-31(41)25-7-6-16-37(25)32(42)23-17-26-30(45-20-44-26)27(18-23)46-33(43)22-11-8-21(9-12-22)10-14-28(39)36(4)5/h8-12,14,17,24-27,30,38H,6-7,13,15-16,18-20H2,1-5H3,(H,35,41). The number of ether oxygens (including phenoxy) is 4. The smallest absolute Gasteiger partial charge is 0.338 e. The zero-order chi connectivity index (χ0) is 34.3. The van der Waals surface area contributed by atoms with Gasteiger partial charge in [0.05, 0.1) is 18.2 Å². The third-order valence-corrected chi connectivity index (χ3v) is 8.04. The molecule has 5 atom stereocenters. The number of amides is 3. The summed E-state index contributed by atoms with van der Waals surface area (Å²) in [7, 11) is 3.31. The number of likely N-dealkylation sites (N-methyl/N-ethyl adjacent to an activating group) is 1. The fraction of sp³-hybridized carbons (Fsp3) is 0.559. The van der Waals surface area contributed by atoms with Crippen LogP contribution in [0.1, 0.15) is 68.8 Å². The quantitative estimate of drug-likeness (QED) is 0.267. The van der Waals surface area contributed by atoms with Gasteiger partial charge in [-0.15, -0.1) is 0 Å². The molecule has 2 saturated heterocycles. The Morgan fingerprint density at radius 3 is 2.51 bits per heavy atom. The Kier molecular flexibility index (Phi) is 11.9. The monoisotopic (exact) mass is 655 g/mol. The Labute approximate surface area is 274 Å². The van der Waals surface area contributed by atoms with Crippen LogP contribution < -0.4 is 5.32 Å². The maximum absolute atomic E-state index is 13.8. The number of carbonyl (C=O) groups excluding carboxylic acids is 5. The minimum Gasteiger partial charge on any atom is -0.460 e. The van der Waals surface area contributed by atoms with Crippen LogP contribution in [0.3, 0.4) is 0 Å². The van der Waals surface area contributed by atoms with E-state index in [-0.39, 0.29) is 44.5 Å². The third kappa shape index (κ3) is 9.72. The number of hydrogen-bond acceptors (Lipinski definition) is 10. The largest absolute Gasteiger partial charge is 0.460 e. The number of benzene rings is 1. The topological polar surface area (TPSA) is 161 Å². The second kappa shape index (κ2) is 15.7. The molecule has 2 aliphatic heterocycles. The lowest BCUT2D eigenvalue weighted by Crippen LogP contribution is -2.51. The molecule has 1 aliphatic carbocycles. The molecule has 0 saturated carbocycles. The van der Waals surface area contributed by atoms with Crippen LogP contribution >= 0.6 is 0 Å². The molecule has 0 radical (unpaired) electrons. The van der Waals surface area contributed by atoms with E-state index in [0.29, 0.717) is 30.5 Å². The highest BCUT2D eigenvalue weighted by Gasteiger charge is 2.45. The molecule has 5 unspecified atom stereocenters. The van der Waals surface area contributed by atoms with E-state index < -0.39 is 53.8 Å². The van der Waals surface area contributed by atoms with E-state index >= 15 is 0 Å². The predicted octanol–water partition coefficient (Wildman–Crippen LogP) is 1.98. The predicted molar refractivity (Wildman–Crippen MR) is 170 cm³/mol. The van der Waals surface area contributed by atoms with Crippen LogP contribution in [0.15, 0.2) is 42.0 Å². The van der Waals surface area contributed by atoms with Gasteiger partial charge in [0.2, 0.25) is 17.7 Å². The van der Waals surface area contributed by atoms with Crippen molar-refractivity contribution in [2.75, 3.05) is 34.0 Å². The summed E-state index contributed by atoms with van der Waals surface area (Å²) in [4.78, 5) is 67.1. The zero-order valence-electron chi connectivity index (χ0n) is 27.6. The van der Waals surface area contributed by atoms with Crippen LogP contribution in [0.25, 0.3) is 6.08 Å². The van der Waals surface area contributed by atoms with Crippen LogP contribution in [0, 0.1) is 0 Å². The fourth-order valence-electron chi connectivity index (χ4n) is 5.62. The number of carbonyl (C=O) groups is 5. The molecule has 2 N–H and O–H groups in total. The van der Waals surface area contributed by atoms with Crippen LogP contribution in [-0.2, 0) is 38.1 Å². The van der Waals surface area contributed by atoms with Gasteiger partial charge in [0, 0.05) is 45.1 Å². The maximum atomic E-state index is 13.8. The number of nitrogens with one attached hydrogen (secondary N) is 1. The third-order valence-electron chi connectivity index (χ3n) is 8.04. The number of rotatable bonds is 11. The number of likely N-dealkylation sites (tertiary alicyclic amines) is 1. The van der Waals surface area contributed by atoms with E-state index in [1.54, 1.807) is 71.3 Å². The molecule has 0 spiro atoms. The van der Waals surface area contributed by atoms with Crippen molar-refractivity contribution in [3.8, 4) is 0 Å². The highest BCUT2D eigenvalue weighted by atomic mass is 16.7. The first-order valence-corrected chi connectivity index (χ1v) is 15.8. The molecule has 13 nitrogen and oxygen atoms in total. The van der Waals surface area contributed by atoms with Crippen LogP contribution in [0.2, 0.25) is 0 Å². The van der Waals surface area contributed by atoms with Gasteiger partial charge >= 0.3 is 11.9 Å². The van der Waals surface area contributed by atoms with Gasteiger partial charge in [0.1, 0.15) is 36.7 Å². The van der Waals surface area contributed by atoms with E-state index in [1.807, 2.05) is 0 Å². The summed E-state index contributed by atoms with van der Waals surface area (Å²) in [5, 5.41) is 12.6. The molecule has 1 aromatic carbocycles. The van der Waals surface area contributed by atoms with Gasteiger partial charge in [-0.05, 0) is 69.9 Å². The fourth-order valence-corrected chi connectivity index (χ4v) is 5.62. The number of esters is 2. The average Bonchev–Trinajstić information content (AvgIpc) is 3.71. The summed E-state index contributed by atoms with van der Waals surface area (Å²) < 4.78 is 22.5. The summed E-state index contributed by atoms with van der Waals surface area (Å²) in [6.07, 6.45) is 4.07. The molecule has 256 valence electrons. The van der Waals surface area contributed by atoms with Gasteiger partial charge in [-0.2, -0.15) is 0 Å². The number of aliphatic hydroxyl groups is 1. The summed E-state index contributed by atoms with van der Waals surface area (Å²) in [6, 6.07) is 5.13. The van der Waals surface area contributed by atoms with Gasteiger partial charge in [-0.1, -0.05) is 12.1 Å². The Bertz CT molecular complexity index is 1380. The lowest BCUT2D eigenvalue weighted by Gasteiger charge is -2.33. The van der Waals surface area contributed by atoms with Gasteiger partial charge < -0.3 is 39.2 Å². The first kappa shape index (κ1) is 35.8. The van der Waals surface area contributed by atoms with Crippen LogP contribution in [-0.4, -0.2) is 115 Å². The second-order valence-corrected chi connectivity index (χ2v) is 13.1. The lowest BCUT2D eigenvalue weighted by atomic mass is 9.91. The van der Waals surface area contributed by atoms with E-state index in [0.717, 1.165) is 5.56 Å². The molecule has 4 rings (SSSR count). The second-order valence-electron chi connectivity index (χ2n) is 13.1. The summed E-state index contributed by atoms with van der Waals surface area (Å²) in [6.45, 7) is 5.25. The molecule has 1 aromatic rings. The highest BCUT2D eigenvalue weighted by molar-refractivity contribution is 5.98. The van der Waals surface area contributed by atoms with Gasteiger partial charge in [0.25, 0.3) is 0 Å². The van der Waals surface area contributed by atoms with Crippen molar-refractivity contribution >= 4 is 35.7 Å². The zero-order valence-corrected chi connectivity index (χ0v) is 27.6. The molecule has 47 heavy (non-hydrogen) atoms. The van der Waals surface area contributed by atoms with Crippen molar-refractivity contribution in [3.63, 3.8) is 0 Å². The Hall–Kier alpha value is -4.07. The lowest BCUT2D eigenvalue weighted by molar-refractivity contribution is -0.155. The molecule has 13 heteroatoms.